The zero-order valence-electron chi connectivity index (χ0n) is 14.1. The number of aromatic nitrogens is 3. The van der Waals surface area contributed by atoms with Gasteiger partial charge in [0.15, 0.2) is 16.1 Å². The van der Waals surface area contributed by atoms with E-state index in [-0.39, 0.29) is 24.2 Å². The first-order chi connectivity index (χ1) is 11.9. The van der Waals surface area contributed by atoms with Crippen molar-refractivity contribution < 1.29 is 14.3 Å². The number of esters is 1. The number of halogens is 1. The summed E-state index contributed by atoms with van der Waals surface area (Å²) in [5, 5.41) is 10.3. The summed E-state index contributed by atoms with van der Waals surface area (Å²) in [6, 6.07) is 3.26. The highest BCUT2D eigenvalue weighted by Gasteiger charge is 2.15. The third kappa shape index (κ3) is 5.36. The van der Waals surface area contributed by atoms with Gasteiger partial charge in [-0.15, -0.1) is 21.5 Å². The number of hydrogen-bond donors (Lipinski definition) is 0. The van der Waals surface area contributed by atoms with Crippen LogP contribution in [0.2, 0.25) is 5.15 Å². The maximum absolute atomic E-state index is 11.9. The van der Waals surface area contributed by atoms with Crippen molar-refractivity contribution in [2.45, 2.75) is 20.5 Å². The molecule has 0 saturated carbocycles. The van der Waals surface area contributed by atoms with Crippen molar-refractivity contribution in [1.29, 1.82) is 0 Å². The highest BCUT2D eigenvalue weighted by atomic mass is 35.5. The van der Waals surface area contributed by atoms with Crippen molar-refractivity contribution in [3.8, 4) is 0 Å². The molecule has 1 amide bonds. The number of carbonyl (C=O) groups is 2. The van der Waals surface area contributed by atoms with Gasteiger partial charge < -0.3 is 9.64 Å². The SMILES string of the molecule is CCN(C(C)=O)c1nc(COC(=O)CN(C)c2ccc(Cl)nn2)cs1. The third-order valence-corrected chi connectivity index (χ3v) is 4.34. The molecular formula is C15H18ClN5O3S. The molecule has 0 fully saturated rings. The first-order valence-electron chi connectivity index (χ1n) is 7.49. The minimum atomic E-state index is -0.423. The number of anilines is 2. The molecule has 0 atom stereocenters. The van der Waals surface area contributed by atoms with Crippen molar-refractivity contribution >= 4 is 45.8 Å². The number of hydrogen-bond acceptors (Lipinski definition) is 8. The molecule has 0 N–H and O–H groups in total. The Labute approximate surface area is 154 Å². The van der Waals surface area contributed by atoms with E-state index in [1.165, 1.54) is 18.3 Å². The summed E-state index contributed by atoms with van der Waals surface area (Å²) in [4.78, 5) is 30.9. The van der Waals surface area contributed by atoms with Gasteiger partial charge in [0.25, 0.3) is 0 Å². The summed E-state index contributed by atoms with van der Waals surface area (Å²) in [7, 11) is 1.70. The van der Waals surface area contributed by atoms with Crippen LogP contribution in [0.4, 0.5) is 10.9 Å². The predicted molar refractivity (Wildman–Crippen MR) is 95.9 cm³/mol. The van der Waals surface area contributed by atoms with Gasteiger partial charge >= 0.3 is 5.97 Å². The Morgan fingerprint density at radius 3 is 2.68 bits per heavy atom. The van der Waals surface area contributed by atoms with E-state index in [1.807, 2.05) is 6.92 Å². The lowest BCUT2D eigenvalue weighted by Crippen LogP contribution is -2.28. The molecule has 0 spiro atoms. The molecule has 0 bridgehead atoms. The smallest absolute Gasteiger partial charge is 0.325 e. The number of thiazole rings is 1. The molecule has 25 heavy (non-hydrogen) atoms. The monoisotopic (exact) mass is 383 g/mol. The van der Waals surface area contributed by atoms with E-state index < -0.39 is 5.97 Å². The number of likely N-dealkylation sites (N-methyl/N-ethyl adjacent to an activating group) is 1. The number of rotatable bonds is 7. The fourth-order valence-corrected chi connectivity index (χ4v) is 2.98. The first kappa shape index (κ1) is 19.1. The molecular weight excluding hydrogens is 366 g/mol. The molecule has 2 aromatic heterocycles. The topological polar surface area (TPSA) is 88.5 Å². The van der Waals surface area contributed by atoms with Gasteiger partial charge in [-0.1, -0.05) is 11.6 Å². The Morgan fingerprint density at radius 2 is 2.08 bits per heavy atom. The van der Waals surface area contributed by atoms with Crippen LogP contribution in [0, 0.1) is 0 Å². The average Bonchev–Trinajstić information content (AvgIpc) is 3.02. The molecule has 0 saturated heterocycles. The van der Waals surface area contributed by atoms with Crippen LogP contribution in [-0.4, -0.2) is 47.2 Å². The van der Waals surface area contributed by atoms with E-state index in [4.69, 9.17) is 16.3 Å². The minimum absolute atomic E-state index is 0.0157. The van der Waals surface area contributed by atoms with Gasteiger partial charge in [0.2, 0.25) is 5.91 Å². The predicted octanol–water partition coefficient (Wildman–Crippen LogP) is 2.14. The van der Waals surface area contributed by atoms with E-state index in [9.17, 15) is 9.59 Å². The largest absolute Gasteiger partial charge is 0.458 e. The summed E-state index contributed by atoms with van der Waals surface area (Å²) in [6.07, 6.45) is 0. The van der Waals surface area contributed by atoms with Crippen LogP contribution in [0.1, 0.15) is 19.5 Å². The fraction of sp³-hybridized carbons (Fsp3) is 0.400. The Balaban J connectivity index is 1.86. The highest BCUT2D eigenvalue weighted by Crippen LogP contribution is 2.21. The highest BCUT2D eigenvalue weighted by molar-refractivity contribution is 7.14. The second-order valence-corrected chi connectivity index (χ2v) is 6.34. The second-order valence-electron chi connectivity index (χ2n) is 5.12. The van der Waals surface area contributed by atoms with Crippen LogP contribution in [-0.2, 0) is 20.9 Å². The van der Waals surface area contributed by atoms with Crippen molar-refractivity contribution in [2.75, 3.05) is 29.9 Å². The van der Waals surface area contributed by atoms with Crippen molar-refractivity contribution in [2.24, 2.45) is 0 Å². The quantitative estimate of drug-likeness (QED) is 0.676. The summed E-state index contributed by atoms with van der Waals surface area (Å²) in [5.41, 5.74) is 0.599. The van der Waals surface area contributed by atoms with Crippen molar-refractivity contribution in [1.82, 2.24) is 15.2 Å². The lowest BCUT2D eigenvalue weighted by Gasteiger charge is -2.16. The Bertz CT molecular complexity index is 737. The van der Waals surface area contributed by atoms with Crippen LogP contribution >= 0.6 is 22.9 Å². The molecule has 0 aromatic carbocycles. The van der Waals surface area contributed by atoms with Gasteiger partial charge in [0, 0.05) is 25.9 Å². The lowest BCUT2D eigenvalue weighted by molar-refractivity contribution is -0.143. The lowest BCUT2D eigenvalue weighted by atomic mass is 10.4. The normalized spacial score (nSPS) is 10.4. The third-order valence-electron chi connectivity index (χ3n) is 3.22. The van der Waals surface area contributed by atoms with Crippen LogP contribution in [0.3, 0.4) is 0 Å². The van der Waals surface area contributed by atoms with Crippen LogP contribution in [0.15, 0.2) is 17.5 Å². The van der Waals surface area contributed by atoms with Gasteiger partial charge in [-0.25, -0.2) is 4.98 Å². The molecule has 0 aliphatic rings. The van der Waals surface area contributed by atoms with Crippen molar-refractivity contribution in [3.63, 3.8) is 0 Å². The van der Waals surface area contributed by atoms with E-state index in [0.717, 1.165) is 0 Å². The first-order valence-corrected chi connectivity index (χ1v) is 8.75. The van der Waals surface area contributed by atoms with Gasteiger partial charge in [-0.3, -0.25) is 14.5 Å². The zero-order valence-corrected chi connectivity index (χ0v) is 15.7. The minimum Gasteiger partial charge on any atom is -0.458 e. The number of carbonyl (C=O) groups excluding carboxylic acids is 2. The van der Waals surface area contributed by atoms with E-state index in [0.29, 0.717) is 23.2 Å². The molecule has 8 nitrogen and oxygen atoms in total. The van der Waals surface area contributed by atoms with Crippen LogP contribution in [0.5, 0.6) is 0 Å². The number of nitrogens with zero attached hydrogens (tertiary/aromatic N) is 5. The van der Waals surface area contributed by atoms with Crippen LogP contribution < -0.4 is 9.80 Å². The van der Waals surface area contributed by atoms with E-state index in [1.54, 1.807) is 34.4 Å². The van der Waals surface area contributed by atoms with Gasteiger partial charge in [-0.05, 0) is 19.1 Å². The summed E-state index contributed by atoms with van der Waals surface area (Å²) in [6.45, 7) is 3.96. The maximum atomic E-state index is 11.9. The summed E-state index contributed by atoms with van der Waals surface area (Å²) in [5.74, 6) is 0.0103. The number of ether oxygens (including phenoxy) is 1. The van der Waals surface area contributed by atoms with Gasteiger partial charge in [-0.2, -0.15) is 0 Å². The Kier molecular flexibility index (Phi) is 6.65. The second kappa shape index (κ2) is 8.72. The maximum Gasteiger partial charge on any atom is 0.325 e. The Hall–Kier alpha value is -2.26. The number of amides is 1. The molecule has 10 heteroatoms. The molecule has 134 valence electrons. The summed E-state index contributed by atoms with van der Waals surface area (Å²) >= 11 is 7.02. The van der Waals surface area contributed by atoms with Gasteiger partial charge in [0.05, 0.1) is 5.69 Å². The van der Waals surface area contributed by atoms with E-state index >= 15 is 0 Å². The molecule has 0 aliphatic heterocycles. The molecule has 0 unspecified atom stereocenters. The van der Waals surface area contributed by atoms with E-state index in [2.05, 4.69) is 15.2 Å². The zero-order chi connectivity index (χ0) is 18.4. The van der Waals surface area contributed by atoms with Crippen molar-refractivity contribution in [3.05, 3.63) is 28.4 Å². The molecule has 0 radical (unpaired) electrons. The fourth-order valence-electron chi connectivity index (χ4n) is 1.97. The average molecular weight is 384 g/mol. The molecule has 2 aromatic rings. The summed E-state index contributed by atoms with van der Waals surface area (Å²) < 4.78 is 5.22. The Morgan fingerprint density at radius 1 is 1.32 bits per heavy atom. The van der Waals surface area contributed by atoms with Gasteiger partial charge in [0.1, 0.15) is 13.2 Å². The molecule has 2 heterocycles. The molecule has 2 rings (SSSR count). The van der Waals surface area contributed by atoms with Crippen LogP contribution in [0.25, 0.3) is 0 Å². The molecule has 0 aliphatic carbocycles. The standard InChI is InChI=1S/C15H18ClN5O3S/c1-4-21(10(2)22)15-17-11(9-25-15)8-24-14(23)7-20(3)13-6-5-12(16)18-19-13/h5-6,9H,4,7-8H2,1-3H3.